The summed E-state index contributed by atoms with van der Waals surface area (Å²) in [6.07, 6.45) is 2.90. The third kappa shape index (κ3) is 3.77. The van der Waals surface area contributed by atoms with Crippen molar-refractivity contribution < 1.29 is 14.3 Å². The summed E-state index contributed by atoms with van der Waals surface area (Å²) in [4.78, 5) is 24.7. The molecule has 0 aromatic heterocycles. The van der Waals surface area contributed by atoms with Crippen molar-refractivity contribution in [1.29, 1.82) is 0 Å². The number of carbonyl (C=O) groups is 2. The smallest absolute Gasteiger partial charge is 0.338 e. The number of esters is 1. The van der Waals surface area contributed by atoms with Crippen LogP contribution >= 0.6 is 23.2 Å². The first-order valence-electron chi connectivity index (χ1n) is 8.31. The average molecular weight is 383 g/mol. The highest BCUT2D eigenvalue weighted by Gasteiger charge is 2.35. The number of benzene rings is 1. The molecule has 1 fully saturated rings. The van der Waals surface area contributed by atoms with E-state index in [0.29, 0.717) is 32.8 Å². The quantitative estimate of drug-likeness (QED) is 0.763. The molecule has 2 amide bonds. The van der Waals surface area contributed by atoms with E-state index in [-0.39, 0.29) is 12.1 Å². The first-order valence-corrected chi connectivity index (χ1v) is 9.06. The summed E-state index contributed by atoms with van der Waals surface area (Å²) in [7, 11) is 0. The lowest BCUT2D eigenvalue weighted by Crippen LogP contribution is -2.45. The molecule has 0 spiro atoms. The largest absolute Gasteiger partial charge is 0.459 e. The number of amides is 2. The fraction of sp³-hybridized carbons (Fsp3) is 0.444. The van der Waals surface area contributed by atoms with Crippen molar-refractivity contribution in [3.05, 3.63) is 45.1 Å². The fourth-order valence-corrected chi connectivity index (χ4v) is 3.70. The second kappa shape index (κ2) is 7.26. The Morgan fingerprint density at radius 1 is 1.24 bits per heavy atom. The lowest BCUT2D eigenvalue weighted by molar-refractivity contribution is -0.146. The van der Waals surface area contributed by atoms with Crippen LogP contribution in [0.15, 0.2) is 29.5 Å². The van der Waals surface area contributed by atoms with Crippen molar-refractivity contribution in [3.8, 4) is 0 Å². The molecule has 25 heavy (non-hydrogen) atoms. The van der Waals surface area contributed by atoms with Crippen LogP contribution in [0.4, 0.5) is 4.79 Å². The highest BCUT2D eigenvalue weighted by molar-refractivity contribution is 6.42. The number of rotatable bonds is 3. The standard InChI is InChI=1S/C18H20Cl2N2O3/c1-9-4-3-5-14(9)25-17(23)15-10(2)21-18(24)22-16(15)11-6-7-12(19)13(20)8-11/h6-9,14,16H,3-5H2,1-2H3,(H2,21,22,24)/t9-,14+,16-/m0/s1. The van der Waals surface area contributed by atoms with Gasteiger partial charge in [-0.05, 0) is 49.8 Å². The summed E-state index contributed by atoms with van der Waals surface area (Å²) < 4.78 is 5.73. The Bertz CT molecular complexity index is 748. The SMILES string of the molecule is CC1=C(C(=O)O[C@@H]2CCC[C@@H]2C)[C@H](c2ccc(Cl)c(Cl)c2)NC(=O)N1. The van der Waals surface area contributed by atoms with Crippen LogP contribution in [0.1, 0.15) is 44.7 Å². The second-order valence-electron chi connectivity index (χ2n) is 6.60. The monoisotopic (exact) mass is 382 g/mol. The van der Waals surface area contributed by atoms with E-state index in [1.165, 1.54) is 0 Å². The molecule has 5 nitrogen and oxygen atoms in total. The lowest BCUT2D eigenvalue weighted by atomic mass is 9.95. The number of nitrogens with one attached hydrogen (secondary N) is 2. The molecule has 1 saturated carbocycles. The van der Waals surface area contributed by atoms with E-state index in [1.54, 1.807) is 25.1 Å². The van der Waals surface area contributed by atoms with Crippen LogP contribution < -0.4 is 10.6 Å². The van der Waals surface area contributed by atoms with Crippen LogP contribution in [-0.4, -0.2) is 18.1 Å². The fourth-order valence-electron chi connectivity index (χ4n) is 3.39. The number of hydrogen-bond donors (Lipinski definition) is 2. The normalized spacial score (nSPS) is 26.2. The molecule has 7 heteroatoms. The maximum Gasteiger partial charge on any atom is 0.338 e. The Labute approximate surface area is 156 Å². The van der Waals surface area contributed by atoms with Crippen molar-refractivity contribution in [2.75, 3.05) is 0 Å². The highest BCUT2D eigenvalue weighted by Crippen LogP contribution is 2.34. The van der Waals surface area contributed by atoms with Gasteiger partial charge in [-0.25, -0.2) is 9.59 Å². The minimum atomic E-state index is -0.632. The summed E-state index contributed by atoms with van der Waals surface area (Å²) in [5.74, 6) is -0.0701. The summed E-state index contributed by atoms with van der Waals surface area (Å²) in [6, 6.07) is 4.03. The van der Waals surface area contributed by atoms with Gasteiger partial charge in [-0.2, -0.15) is 0 Å². The Kier molecular flexibility index (Phi) is 5.25. The number of hydrogen-bond acceptors (Lipinski definition) is 3. The molecule has 0 radical (unpaired) electrons. The van der Waals surface area contributed by atoms with Crippen LogP contribution in [0.2, 0.25) is 10.0 Å². The predicted molar refractivity (Wildman–Crippen MR) is 96.5 cm³/mol. The Balaban J connectivity index is 1.91. The maximum absolute atomic E-state index is 12.8. The molecule has 2 N–H and O–H groups in total. The molecule has 0 unspecified atom stereocenters. The first kappa shape index (κ1) is 18.1. The Morgan fingerprint density at radius 2 is 2.00 bits per heavy atom. The van der Waals surface area contributed by atoms with E-state index in [9.17, 15) is 9.59 Å². The van der Waals surface area contributed by atoms with Crippen LogP contribution in [0.25, 0.3) is 0 Å². The molecule has 0 saturated heterocycles. The zero-order chi connectivity index (χ0) is 18.1. The van der Waals surface area contributed by atoms with Crippen molar-refractivity contribution in [2.24, 2.45) is 5.92 Å². The highest BCUT2D eigenvalue weighted by atomic mass is 35.5. The Morgan fingerprint density at radius 3 is 2.64 bits per heavy atom. The third-order valence-corrected chi connectivity index (χ3v) is 5.55. The number of halogens is 2. The van der Waals surface area contributed by atoms with Crippen molar-refractivity contribution >= 4 is 35.2 Å². The van der Waals surface area contributed by atoms with Gasteiger partial charge in [0.2, 0.25) is 0 Å². The van der Waals surface area contributed by atoms with E-state index in [2.05, 4.69) is 17.6 Å². The lowest BCUT2D eigenvalue weighted by Gasteiger charge is -2.29. The number of allylic oxidation sites excluding steroid dienone is 1. The molecule has 3 rings (SSSR count). The summed E-state index contributed by atoms with van der Waals surface area (Å²) in [5, 5.41) is 6.18. The van der Waals surface area contributed by atoms with Gasteiger partial charge in [-0.15, -0.1) is 0 Å². The topological polar surface area (TPSA) is 67.4 Å². The summed E-state index contributed by atoms with van der Waals surface area (Å²) >= 11 is 12.1. The van der Waals surface area contributed by atoms with Gasteiger partial charge in [-0.3, -0.25) is 0 Å². The van der Waals surface area contributed by atoms with Gasteiger partial charge in [0.05, 0.1) is 21.7 Å². The Hall–Kier alpha value is -1.72. The van der Waals surface area contributed by atoms with Crippen molar-refractivity contribution in [3.63, 3.8) is 0 Å². The van der Waals surface area contributed by atoms with Crippen molar-refractivity contribution in [1.82, 2.24) is 10.6 Å². The van der Waals surface area contributed by atoms with E-state index in [0.717, 1.165) is 19.3 Å². The zero-order valence-electron chi connectivity index (χ0n) is 14.1. The number of ether oxygens (including phenoxy) is 1. The molecular weight excluding hydrogens is 363 g/mol. The van der Waals surface area contributed by atoms with Crippen molar-refractivity contribution in [2.45, 2.75) is 45.3 Å². The average Bonchev–Trinajstić information content (AvgIpc) is 2.94. The molecule has 1 aromatic rings. The molecule has 2 aliphatic rings. The molecule has 3 atom stereocenters. The molecule has 1 aliphatic carbocycles. The van der Waals surface area contributed by atoms with Gasteiger partial charge >= 0.3 is 12.0 Å². The van der Waals surface area contributed by atoms with Crippen LogP contribution in [-0.2, 0) is 9.53 Å². The summed E-state index contributed by atoms with van der Waals surface area (Å²) in [5.41, 5.74) is 1.54. The van der Waals surface area contributed by atoms with E-state index in [4.69, 9.17) is 27.9 Å². The zero-order valence-corrected chi connectivity index (χ0v) is 15.6. The minimum absolute atomic E-state index is 0.0834. The van der Waals surface area contributed by atoms with Gasteiger partial charge in [0, 0.05) is 5.70 Å². The molecule has 1 aliphatic heterocycles. The molecule has 134 valence electrons. The molecular formula is C18H20Cl2N2O3. The molecule has 1 aromatic carbocycles. The van der Waals surface area contributed by atoms with Crippen LogP contribution in [0.3, 0.4) is 0 Å². The van der Waals surface area contributed by atoms with Gasteiger partial charge in [-0.1, -0.05) is 36.2 Å². The summed E-state index contributed by atoms with van der Waals surface area (Å²) in [6.45, 7) is 3.78. The van der Waals surface area contributed by atoms with E-state index in [1.807, 2.05) is 0 Å². The predicted octanol–water partition coefficient (Wildman–Crippen LogP) is 4.35. The number of carbonyl (C=O) groups excluding carboxylic acids is 2. The van der Waals surface area contributed by atoms with Crippen LogP contribution in [0, 0.1) is 5.92 Å². The van der Waals surface area contributed by atoms with Gasteiger partial charge < -0.3 is 15.4 Å². The van der Waals surface area contributed by atoms with Gasteiger partial charge in [0.1, 0.15) is 6.10 Å². The molecule has 1 heterocycles. The second-order valence-corrected chi connectivity index (χ2v) is 7.41. The van der Waals surface area contributed by atoms with E-state index >= 15 is 0 Å². The van der Waals surface area contributed by atoms with E-state index < -0.39 is 12.0 Å². The van der Waals surface area contributed by atoms with Gasteiger partial charge in [0.15, 0.2) is 0 Å². The van der Waals surface area contributed by atoms with Gasteiger partial charge in [0.25, 0.3) is 0 Å². The minimum Gasteiger partial charge on any atom is -0.459 e. The van der Waals surface area contributed by atoms with Crippen LogP contribution in [0.5, 0.6) is 0 Å². The maximum atomic E-state index is 12.8. The first-order chi connectivity index (χ1) is 11.9. The molecule has 0 bridgehead atoms. The third-order valence-electron chi connectivity index (χ3n) is 4.81. The number of urea groups is 1.